The highest BCUT2D eigenvalue weighted by atomic mass is 16.3. The van der Waals surface area contributed by atoms with Gasteiger partial charge in [0.1, 0.15) is 0 Å². The minimum Gasteiger partial charge on any atom is -0.388 e. The number of benzene rings is 1. The molecule has 0 amide bonds. The Balaban J connectivity index is 2.00. The molecular formula is C16H25NO. The summed E-state index contributed by atoms with van der Waals surface area (Å²) in [7, 11) is 0. The monoisotopic (exact) mass is 247 g/mol. The van der Waals surface area contributed by atoms with E-state index in [4.69, 9.17) is 0 Å². The Hall–Kier alpha value is -0.860. The summed E-state index contributed by atoms with van der Waals surface area (Å²) in [5, 5.41) is 14.0. The lowest BCUT2D eigenvalue weighted by Crippen LogP contribution is -2.41. The van der Waals surface area contributed by atoms with Gasteiger partial charge >= 0.3 is 0 Å². The van der Waals surface area contributed by atoms with Gasteiger partial charge in [-0.25, -0.2) is 0 Å². The van der Waals surface area contributed by atoms with Crippen LogP contribution >= 0.6 is 0 Å². The van der Waals surface area contributed by atoms with E-state index >= 15 is 0 Å². The third-order valence-corrected chi connectivity index (χ3v) is 3.85. The Morgan fingerprint density at radius 1 is 1.22 bits per heavy atom. The molecular weight excluding hydrogens is 222 g/mol. The second-order valence-electron chi connectivity index (χ2n) is 5.87. The quantitative estimate of drug-likeness (QED) is 0.859. The Labute approximate surface area is 110 Å². The molecule has 1 aromatic carbocycles. The van der Waals surface area contributed by atoms with Crippen LogP contribution in [0.15, 0.2) is 18.2 Å². The predicted molar refractivity (Wildman–Crippen MR) is 75.7 cm³/mol. The van der Waals surface area contributed by atoms with Gasteiger partial charge in [-0.2, -0.15) is 0 Å². The smallest absolute Gasteiger partial charge is 0.0805 e. The fourth-order valence-electron chi connectivity index (χ4n) is 3.03. The summed E-state index contributed by atoms with van der Waals surface area (Å²) in [5.41, 5.74) is 3.52. The van der Waals surface area contributed by atoms with Crippen molar-refractivity contribution >= 4 is 0 Å². The molecule has 3 unspecified atom stereocenters. The lowest BCUT2D eigenvalue weighted by Gasteiger charge is -2.30. The molecule has 1 heterocycles. The van der Waals surface area contributed by atoms with Gasteiger partial charge in [0.25, 0.3) is 0 Å². The zero-order valence-electron chi connectivity index (χ0n) is 11.7. The summed E-state index contributed by atoms with van der Waals surface area (Å²) in [4.78, 5) is 0. The van der Waals surface area contributed by atoms with Crippen LogP contribution < -0.4 is 5.32 Å². The highest BCUT2D eigenvalue weighted by Crippen LogP contribution is 2.25. The average Bonchev–Trinajstić information content (AvgIpc) is 2.27. The first-order valence-electron chi connectivity index (χ1n) is 7.07. The van der Waals surface area contributed by atoms with E-state index in [-0.39, 0.29) is 6.10 Å². The molecule has 0 aromatic heterocycles. The van der Waals surface area contributed by atoms with Crippen molar-refractivity contribution in [2.45, 2.75) is 64.6 Å². The standard InChI is InChI=1S/C16H25NO/c1-11-7-12(2)9-14(8-11)16(18)10-15-6-4-5-13(3)17-15/h7-9,13,15-18H,4-6,10H2,1-3H3. The normalized spacial score (nSPS) is 26.0. The van der Waals surface area contributed by atoms with Gasteiger partial charge < -0.3 is 10.4 Å². The van der Waals surface area contributed by atoms with E-state index in [9.17, 15) is 5.11 Å². The fraction of sp³-hybridized carbons (Fsp3) is 0.625. The molecule has 2 rings (SSSR count). The van der Waals surface area contributed by atoms with Crippen molar-refractivity contribution in [1.29, 1.82) is 0 Å². The van der Waals surface area contributed by atoms with E-state index in [1.807, 2.05) is 0 Å². The molecule has 1 aromatic rings. The molecule has 2 N–H and O–H groups in total. The van der Waals surface area contributed by atoms with Gasteiger partial charge in [-0.1, -0.05) is 35.7 Å². The average molecular weight is 247 g/mol. The van der Waals surface area contributed by atoms with Gasteiger partial charge in [0.05, 0.1) is 6.10 Å². The van der Waals surface area contributed by atoms with Gasteiger partial charge in [0.2, 0.25) is 0 Å². The van der Waals surface area contributed by atoms with Crippen LogP contribution in [0.1, 0.15) is 55.4 Å². The molecule has 0 radical (unpaired) electrons. The van der Waals surface area contributed by atoms with Crippen LogP contribution in [0.5, 0.6) is 0 Å². The van der Waals surface area contributed by atoms with E-state index in [2.05, 4.69) is 44.3 Å². The predicted octanol–water partition coefficient (Wildman–Crippen LogP) is 3.26. The second-order valence-corrected chi connectivity index (χ2v) is 5.87. The highest BCUT2D eigenvalue weighted by Gasteiger charge is 2.21. The third kappa shape index (κ3) is 3.56. The maximum absolute atomic E-state index is 10.4. The number of piperidine rings is 1. The van der Waals surface area contributed by atoms with Crippen LogP contribution in [-0.4, -0.2) is 17.2 Å². The Kier molecular flexibility index (Phi) is 4.41. The number of aryl methyl sites for hydroxylation is 2. The number of nitrogens with one attached hydrogen (secondary N) is 1. The number of rotatable bonds is 3. The first-order valence-corrected chi connectivity index (χ1v) is 7.07. The molecule has 3 atom stereocenters. The number of aliphatic hydroxyl groups excluding tert-OH is 1. The van der Waals surface area contributed by atoms with Gasteiger partial charge in [-0.3, -0.25) is 0 Å². The molecule has 18 heavy (non-hydrogen) atoms. The summed E-state index contributed by atoms with van der Waals surface area (Å²) < 4.78 is 0. The third-order valence-electron chi connectivity index (χ3n) is 3.85. The fourth-order valence-corrected chi connectivity index (χ4v) is 3.03. The lowest BCUT2D eigenvalue weighted by atomic mass is 9.92. The maximum atomic E-state index is 10.4. The van der Waals surface area contributed by atoms with Crippen LogP contribution in [0, 0.1) is 13.8 Å². The molecule has 1 saturated heterocycles. The molecule has 1 fully saturated rings. The van der Waals surface area contributed by atoms with Crippen molar-refractivity contribution in [3.63, 3.8) is 0 Å². The zero-order valence-corrected chi connectivity index (χ0v) is 11.7. The van der Waals surface area contributed by atoms with Crippen LogP contribution in [0.3, 0.4) is 0 Å². The molecule has 0 aliphatic carbocycles. The minimum absolute atomic E-state index is 0.341. The summed E-state index contributed by atoms with van der Waals surface area (Å²) in [5.74, 6) is 0. The summed E-state index contributed by atoms with van der Waals surface area (Å²) in [6.07, 6.45) is 4.21. The van der Waals surface area contributed by atoms with E-state index in [1.165, 1.54) is 30.4 Å². The molecule has 0 bridgehead atoms. The van der Waals surface area contributed by atoms with Gasteiger partial charge in [0.15, 0.2) is 0 Å². The maximum Gasteiger partial charge on any atom is 0.0805 e. The summed E-state index contributed by atoms with van der Waals surface area (Å²) >= 11 is 0. The number of aliphatic hydroxyl groups is 1. The van der Waals surface area contributed by atoms with E-state index in [1.54, 1.807) is 0 Å². The first-order chi connectivity index (χ1) is 8.54. The lowest BCUT2D eigenvalue weighted by molar-refractivity contribution is 0.139. The van der Waals surface area contributed by atoms with E-state index in [0.717, 1.165) is 12.0 Å². The highest BCUT2D eigenvalue weighted by molar-refractivity contribution is 5.30. The van der Waals surface area contributed by atoms with Crippen LogP contribution in [0.2, 0.25) is 0 Å². The number of hydrogen-bond donors (Lipinski definition) is 2. The Bertz CT molecular complexity index is 382. The molecule has 1 aliphatic heterocycles. The van der Waals surface area contributed by atoms with Crippen molar-refractivity contribution in [3.05, 3.63) is 34.9 Å². The van der Waals surface area contributed by atoms with E-state index in [0.29, 0.717) is 12.1 Å². The molecule has 0 saturated carbocycles. The molecule has 100 valence electrons. The van der Waals surface area contributed by atoms with E-state index < -0.39 is 0 Å². The topological polar surface area (TPSA) is 32.3 Å². The minimum atomic E-state index is -0.341. The van der Waals surface area contributed by atoms with Crippen molar-refractivity contribution in [1.82, 2.24) is 5.32 Å². The molecule has 2 nitrogen and oxygen atoms in total. The molecule has 0 spiro atoms. The molecule has 1 aliphatic rings. The van der Waals surface area contributed by atoms with Crippen molar-refractivity contribution in [3.8, 4) is 0 Å². The van der Waals surface area contributed by atoms with Gasteiger partial charge in [-0.15, -0.1) is 0 Å². The van der Waals surface area contributed by atoms with Gasteiger partial charge in [0, 0.05) is 12.1 Å². The summed E-state index contributed by atoms with van der Waals surface area (Å²) in [6, 6.07) is 7.41. The Morgan fingerprint density at radius 2 is 1.89 bits per heavy atom. The second kappa shape index (κ2) is 5.85. The van der Waals surface area contributed by atoms with Crippen molar-refractivity contribution in [2.24, 2.45) is 0 Å². The van der Waals surface area contributed by atoms with Gasteiger partial charge in [-0.05, 0) is 45.6 Å². The summed E-state index contributed by atoms with van der Waals surface area (Å²) in [6.45, 7) is 6.41. The van der Waals surface area contributed by atoms with Crippen LogP contribution in [0.4, 0.5) is 0 Å². The van der Waals surface area contributed by atoms with Crippen molar-refractivity contribution in [2.75, 3.05) is 0 Å². The first kappa shape index (κ1) is 13.6. The number of hydrogen-bond acceptors (Lipinski definition) is 2. The SMILES string of the molecule is Cc1cc(C)cc(C(O)CC2CCCC(C)N2)c1. The molecule has 2 heteroatoms. The van der Waals surface area contributed by atoms with Crippen LogP contribution in [0.25, 0.3) is 0 Å². The van der Waals surface area contributed by atoms with Crippen molar-refractivity contribution < 1.29 is 5.11 Å². The van der Waals surface area contributed by atoms with Crippen LogP contribution in [-0.2, 0) is 0 Å². The Morgan fingerprint density at radius 3 is 2.50 bits per heavy atom. The largest absolute Gasteiger partial charge is 0.388 e. The zero-order chi connectivity index (χ0) is 13.1.